The van der Waals surface area contributed by atoms with Crippen molar-refractivity contribution in [3.8, 4) is 17.2 Å². The maximum Gasteiger partial charge on any atom is 3.00 e. The Bertz CT molecular complexity index is 1160. The fourth-order valence-corrected chi connectivity index (χ4v) is 2.88. The third-order valence-corrected chi connectivity index (χ3v) is 5.23. The third-order valence-electron chi connectivity index (χ3n) is 5.23. The van der Waals surface area contributed by atoms with E-state index in [0.29, 0.717) is 0 Å². The van der Waals surface area contributed by atoms with Crippen molar-refractivity contribution < 1.29 is 15.3 Å². The molecule has 0 spiro atoms. The molecule has 0 saturated carbocycles. The molecule has 6 nitrogen and oxygen atoms in total. The standard InChI is InChI=1S/3C10H12O2.Al/c3*1-7(2)8-4-3-5-9(11)10(12)6-8;/h3*3-7H,1-2H3,(H,11,12);/q;;;+3/p-3. The van der Waals surface area contributed by atoms with Gasteiger partial charge >= 0.3 is 17.4 Å². The third kappa shape index (κ3) is 11.9. The zero-order valence-corrected chi connectivity index (χ0v) is 23.3. The molecule has 192 valence electrons. The van der Waals surface area contributed by atoms with Gasteiger partial charge in [0.05, 0.1) is 0 Å². The SMILES string of the molecule is CC(C)c1cccc([O-])c(=O)c1.CC(C)c1cccc([O-])c(=O)c1.CC(C)c1cccc([O-])c(=O)c1.[Al+3]. The summed E-state index contributed by atoms with van der Waals surface area (Å²) in [5.74, 6) is -0.482. The molecule has 0 saturated heterocycles. The first-order valence-corrected chi connectivity index (χ1v) is 11.8. The van der Waals surface area contributed by atoms with Gasteiger partial charge in [0.2, 0.25) is 0 Å². The summed E-state index contributed by atoms with van der Waals surface area (Å²) in [4.78, 5) is 33.1. The first kappa shape index (κ1) is 33.6. The summed E-state index contributed by atoms with van der Waals surface area (Å²) >= 11 is 0. The first-order chi connectivity index (χ1) is 16.8. The summed E-state index contributed by atoms with van der Waals surface area (Å²) < 4.78 is 0. The average Bonchev–Trinajstić information content (AvgIpc) is 3.17. The maximum absolute atomic E-state index is 11.0. The van der Waals surface area contributed by atoms with Crippen LogP contribution in [0.1, 0.15) is 76.0 Å². The smallest absolute Gasteiger partial charge is 0.870 e. The van der Waals surface area contributed by atoms with E-state index in [1.807, 2.05) is 41.5 Å². The van der Waals surface area contributed by atoms with Crippen LogP contribution in [0.2, 0.25) is 0 Å². The molecule has 0 atom stereocenters. The van der Waals surface area contributed by atoms with Gasteiger partial charge in [-0.2, -0.15) is 0 Å². The molecule has 0 unspecified atom stereocenters. The first-order valence-electron chi connectivity index (χ1n) is 11.8. The summed E-state index contributed by atoms with van der Waals surface area (Å²) in [6.07, 6.45) is 0. The number of rotatable bonds is 3. The summed E-state index contributed by atoms with van der Waals surface area (Å²) in [6.45, 7) is 11.9. The van der Waals surface area contributed by atoms with Gasteiger partial charge in [-0.3, -0.25) is 14.4 Å². The van der Waals surface area contributed by atoms with Gasteiger partial charge in [-0.05, 0) is 52.6 Å². The molecular formula is C30H33AlO6. The van der Waals surface area contributed by atoms with Crippen molar-refractivity contribution in [1.29, 1.82) is 0 Å². The largest absolute Gasteiger partial charge is 3.00 e. The van der Waals surface area contributed by atoms with Gasteiger partial charge in [0.1, 0.15) is 0 Å². The zero-order chi connectivity index (χ0) is 27.4. The van der Waals surface area contributed by atoms with Crippen molar-refractivity contribution in [3.63, 3.8) is 0 Å². The van der Waals surface area contributed by atoms with Crippen molar-refractivity contribution in [2.45, 2.75) is 59.3 Å². The Labute approximate surface area is 229 Å². The van der Waals surface area contributed by atoms with Crippen molar-refractivity contribution in [3.05, 3.63) is 120 Å². The van der Waals surface area contributed by atoms with Gasteiger partial charge in [0.25, 0.3) is 0 Å². The van der Waals surface area contributed by atoms with Crippen LogP contribution in [0, 0.1) is 0 Å². The average molecular weight is 517 g/mol. The monoisotopic (exact) mass is 516 g/mol. The molecular weight excluding hydrogens is 483 g/mol. The molecule has 3 rings (SSSR count). The fraction of sp³-hybridized carbons (Fsp3) is 0.300. The molecule has 0 bridgehead atoms. The second kappa shape index (κ2) is 16.4. The molecule has 0 aliphatic heterocycles. The van der Waals surface area contributed by atoms with Crippen molar-refractivity contribution >= 4 is 17.4 Å². The molecule has 3 aromatic carbocycles. The van der Waals surface area contributed by atoms with E-state index in [9.17, 15) is 29.7 Å². The van der Waals surface area contributed by atoms with E-state index in [2.05, 4.69) is 0 Å². The van der Waals surface area contributed by atoms with Crippen molar-refractivity contribution in [1.82, 2.24) is 0 Å². The Morgan fingerprint density at radius 1 is 0.459 bits per heavy atom. The van der Waals surface area contributed by atoms with E-state index in [1.165, 1.54) is 36.4 Å². The molecule has 0 amide bonds. The number of hydrogen-bond donors (Lipinski definition) is 0. The van der Waals surface area contributed by atoms with Crippen LogP contribution in [0.5, 0.6) is 17.2 Å². The summed E-state index contributed by atoms with van der Waals surface area (Å²) in [6, 6.07) is 18.4. The predicted molar refractivity (Wildman–Crippen MR) is 144 cm³/mol. The Morgan fingerprint density at radius 3 is 0.865 bits per heavy atom. The second-order valence-corrected chi connectivity index (χ2v) is 9.16. The molecule has 0 aromatic heterocycles. The molecule has 0 N–H and O–H groups in total. The molecule has 0 aliphatic carbocycles. The topological polar surface area (TPSA) is 120 Å². The minimum atomic E-state index is -0.443. The fourth-order valence-electron chi connectivity index (χ4n) is 2.88. The van der Waals surface area contributed by atoms with Crippen LogP contribution in [0.3, 0.4) is 0 Å². The van der Waals surface area contributed by atoms with Gasteiger partial charge in [-0.15, -0.1) is 0 Å². The zero-order valence-electron chi connectivity index (χ0n) is 22.2. The van der Waals surface area contributed by atoms with Crippen LogP contribution in [-0.4, -0.2) is 17.4 Å². The Kier molecular flexibility index (Phi) is 14.9. The Morgan fingerprint density at radius 2 is 0.676 bits per heavy atom. The van der Waals surface area contributed by atoms with E-state index in [4.69, 9.17) is 0 Å². The van der Waals surface area contributed by atoms with Gasteiger partial charge in [-0.25, -0.2) is 0 Å². The molecule has 0 heterocycles. The quantitative estimate of drug-likeness (QED) is 0.493. The summed E-state index contributed by atoms with van der Waals surface area (Å²) in [5, 5.41) is 32.6. The normalized spacial score (nSPS) is 9.97. The van der Waals surface area contributed by atoms with Crippen LogP contribution >= 0.6 is 0 Å². The van der Waals surface area contributed by atoms with E-state index >= 15 is 0 Å². The second-order valence-electron chi connectivity index (χ2n) is 9.16. The van der Waals surface area contributed by atoms with Crippen molar-refractivity contribution in [2.75, 3.05) is 0 Å². The predicted octanol–water partition coefficient (Wildman–Crippen LogP) is 3.35. The van der Waals surface area contributed by atoms with Crippen LogP contribution in [0.15, 0.2) is 87.2 Å². The minimum Gasteiger partial charge on any atom is -0.870 e. The van der Waals surface area contributed by atoms with Gasteiger partial charge in [-0.1, -0.05) is 113 Å². The Balaban J connectivity index is 0.000000518. The van der Waals surface area contributed by atoms with E-state index in [-0.39, 0.29) is 35.1 Å². The molecule has 37 heavy (non-hydrogen) atoms. The Hall–Kier alpha value is -3.40. The van der Waals surface area contributed by atoms with E-state index in [1.54, 1.807) is 36.4 Å². The van der Waals surface area contributed by atoms with Crippen LogP contribution in [0.25, 0.3) is 0 Å². The molecule has 0 radical (unpaired) electrons. The molecule has 0 aliphatic rings. The van der Waals surface area contributed by atoms with Gasteiger partial charge in [0, 0.05) is 0 Å². The molecule has 7 heteroatoms. The number of hydrogen-bond acceptors (Lipinski definition) is 6. The molecule has 0 fully saturated rings. The van der Waals surface area contributed by atoms with Crippen LogP contribution < -0.4 is 31.6 Å². The summed E-state index contributed by atoms with van der Waals surface area (Å²) in [5.41, 5.74) is 1.43. The van der Waals surface area contributed by atoms with Crippen molar-refractivity contribution in [2.24, 2.45) is 0 Å². The minimum absolute atomic E-state index is 0. The summed E-state index contributed by atoms with van der Waals surface area (Å²) in [7, 11) is 0. The molecule has 3 aromatic rings. The van der Waals surface area contributed by atoms with E-state index in [0.717, 1.165) is 16.7 Å². The van der Waals surface area contributed by atoms with Gasteiger partial charge in [0.15, 0.2) is 16.3 Å². The van der Waals surface area contributed by atoms with Crippen LogP contribution in [-0.2, 0) is 0 Å². The maximum atomic E-state index is 11.0. The van der Waals surface area contributed by atoms with Gasteiger partial charge < -0.3 is 15.3 Å². The van der Waals surface area contributed by atoms with Crippen LogP contribution in [0.4, 0.5) is 0 Å². The van der Waals surface area contributed by atoms with E-state index < -0.39 is 33.5 Å².